The molecule has 4 heterocycles. The Morgan fingerprint density at radius 1 is 1.20 bits per heavy atom. The molecule has 8 nitrogen and oxygen atoms in total. The van der Waals surface area contributed by atoms with Crippen LogP contribution in [0.5, 0.6) is 0 Å². The van der Waals surface area contributed by atoms with Gasteiger partial charge in [0, 0.05) is 43.6 Å². The van der Waals surface area contributed by atoms with E-state index in [1.165, 1.54) is 6.26 Å². The molecule has 1 amide bonds. The topological polar surface area (TPSA) is 102 Å². The van der Waals surface area contributed by atoms with E-state index >= 15 is 0 Å². The summed E-state index contributed by atoms with van der Waals surface area (Å²) < 4.78 is 39.3. The molecule has 0 radical (unpaired) electrons. The number of esters is 1. The minimum atomic E-state index is -2.92. The Kier molecular flexibility index (Phi) is 6.13. The predicted octanol–water partition coefficient (Wildman–Crippen LogP) is 3.09. The molecule has 3 saturated heterocycles. The molecule has 2 N–H and O–H groups in total. The van der Waals surface area contributed by atoms with E-state index in [1.807, 2.05) is 0 Å². The summed E-state index contributed by atoms with van der Waals surface area (Å²) in [5.74, 6) is -4.50. The molecule has 1 aromatic heterocycles. The summed E-state index contributed by atoms with van der Waals surface area (Å²) >= 11 is 0. The maximum atomic E-state index is 14.1. The average molecular weight is 491 g/mol. The third-order valence-electron chi connectivity index (χ3n) is 8.00. The van der Waals surface area contributed by atoms with Crippen LogP contribution < -0.4 is 5.32 Å². The van der Waals surface area contributed by atoms with E-state index in [0.717, 1.165) is 25.9 Å². The van der Waals surface area contributed by atoms with Crippen molar-refractivity contribution in [1.29, 1.82) is 0 Å². The standard InChI is InChI=1S/C25H29F2N3O5/c26-24(27)10-6-19(14-24)25(33,18-4-2-1-3-5-18)23(32)35-20-15-30(11-7-17(20)8-12-30)16-22(31)28-21-9-13-34-29-21/h1-5,9,13,17,19-20,33H,6-8,10-12,14-16H2/p+1/t17?,19?,20-,25?,30?/m0/s1. The summed E-state index contributed by atoms with van der Waals surface area (Å²) in [5.41, 5.74) is -1.88. The quantitative estimate of drug-likeness (QED) is 0.457. The first kappa shape index (κ1) is 23.9. The number of aliphatic hydroxyl groups is 1. The van der Waals surface area contributed by atoms with Crippen LogP contribution >= 0.6 is 0 Å². The van der Waals surface area contributed by atoms with Crippen molar-refractivity contribution in [2.75, 3.05) is 31.5 Å². The predicted molar refractivity (Wildman–Crippen MR) is 120 cm³/mol. The van der Waals surface area contributed by atoms with Gasteiger partial charge in [0.05, 0.1) is 13.1 Å². The number of quaternary nitrogens is 1. The molecule has 0 spiro atoms. The zero-order valence-electron chi connectivity index (χ0n) is 19.4. The highest BCUT2D eigenvalue weighted by Crippen LogP contribution is 2.48. The first-order chi connectivity index (χ1) is 16.7. The largest absolute Gasteiger partial charge is 0.454 e. The van der Waals surface area contributed by atoms with Gasteiger partial charge in [0.15, 0.2) is 24.1 Å². The van der Waals surface area contributed by atoms with Crippen molar-refractivity contribution in [2.24, 2.45) is 11.8 Å². The van der Waals surface area contributed by atoms with Crippen LogP contribution in [0.1, 0.15) is 37.7 Å². The number of amides is 1. The number of hydrogen-bond acceptors (Lipinski definition) is 6. The third kappa shape index (κ3) is 4.69. The van der Waals surface area contributed by atoms with Gasteiger partial charge in [-0.05, 0) is 12.0 Å². The number of nitrogens with zero attached hydrogens (tertiary/aromatic N) is 2. The SMILES string of the molecule is O=C(C[N+]12CCC(CC1)[C@@H](OC(=O)C(O)(c1ccccc1)C1CCC(F)(F)C1)C2)Nc1ccon1. The molecule has 4 aliphatic rings. The van der Waals surface area contributed by atoms with Crippen molar-refractivity contribution in [1.82, 2.24) is 5.16 Å². The van der Waals surface area contributed by atoms with Crippen molar-refractivity contribution >= 4 is 17.7 Å². The highest BCUT2D eigenvalue weighted by Gasteiger charge is 2.56. The van der Waals surface area contributed by atoms with Crippen LogP contribution in [0.2, 0.25) is 0 Å². The maximum Gasteiger partial charge on any atom is 0.343 e. The van der Waals surface area contributed by atoms with Gasteiger partial charge >= 0.3 is 5.97 Å². The summed E-state index contributed by atoms with van der Waals surface area (Å²) in [6, 6.07) is 9.80. The second-order valence-corrected chi connectivity index (χ2v) is 10.3. The molecule has 188 valence electrons. The van der Waals surface area contributed by atoms with Crippen LogP contribution in [0, 0.1) is 11.8 Å². The molecular formula is C25H30F2N3O5+. The lowest BCUT2D eigenvalue weighted by molar-refractivity contribution is -0.939. The Morgan fingerprint density at radius 3 is 2.57 bits per heavy atom. The van der Waals surface area contributed by atoms with Gasteiger partial charge in [0.1, 0.15) is 12.8 Å². The van der Waals surface area contributed by atoms with E-state index in [1.54, 1.807) is 36.4 Å². The number of piperidine rings is 3. The van der Waals surface area contributed by atoms with Gasteiger partial charge in [0.25, 0.3) is 5.91 Å². The fourth-order valence-corrected chi connectivity index (χ4v) is 6.09. The molecule has 1 aliphatic carbocycles. The highest BCUT2D eigenvalue weighted by atomic mass is 19.3. The number of aromatic nitrogens is 1. The van der Waals surface area contributed by atoms with Gasteiger partial charge in [-0.25, -0.2) is 13.6 Å². The average Bonchev–Trinajstić information content (AvgIpc) is 3.48. The molecule has 35 heavy (non-hydrogen) atoms. The Labute approximate surface area is 201 Å². The molecule has 1 aromatic carbocycles. The van der Waals surface area contributed by atoms with Crippen LogP contribution in [0.25, 0.3) is 0 Å². The molecule has 2 unspecified atom stereocenters. The number of anilines is 1. The number of halogens is 2. The van der Waals surface area contributed by atoms with Crippen LogP contribution in [0.3, 0.4) is 0 Å². The summed E-state index contributed by atoms with van der Waals surface area (Å²) in [6.45, 7) is 2.20. The number of hydrogen-bond donors (Lipinski definition) is 2. The first-order valence-corrected chi connectivity index (χ1v) is 12.1. The number of ether oxygens (including phenoxy) is 1. The minimum absolute atomic E-state index is 0.0316. The van der Waals surface area contributed by atoms with Crippen molar-refractivity contribution in [3.8, 4) is 0 Å². The van der Waals surface area contributed by atoms with Gasteiger partial charge in [0.2, 0.25) is 5.92 Å². The second kappa shape index (κ2) is 8.98. The number of carbonyl (C=O) groups is 2. The third-order valence-corrected chi connectivity index (χ3v) is 8.00. The molecule has 2 bridgehead atoms. The van der Waals surface area contributed by atoms with Crippen molar-refractivity contribution in [3.05, 3.63) is 48.2 Å². The van der Waals surface area contributed by atoms with Gasteiger partial charge in [-0.3, -0.25) is 4.79 Å². The van der Waals surface area contributed by atoms with Gasteiger partial charge in [-0.1, -0.05) is 35.5 Å². The summed E-state index contributed by atoms with van der Waals surface area (Å²) in [7, 11) is 0. The second-order valence-electron chi connectivity index (χ2n) is 10.3. The highest BCUT2D eigenvalue weighted by molar-refractivity contribution is 5.90. The monoisotopic (exact) mass is 490 g/mol. The van der Waals surface area contributed by atoms with Crippen LogP contribution in [0.15, 0.2) is 47.2 Å². The summed E-state index contributed by atoms with van der Waals surface area (Å²) in [4.78, 5) is 26.2. The molecule has 10 heteroatoms. The smallest absolute Gasteiger partial charge is 0.343 e. The Hall–Kier alpha value is -2.85. The zero-order chi connectivity index (χ0) is 24.7. The zero-order valence-corrected chi connectivity index (χ0v) is 19.4. The number of nitrogens with one attached hydrogen (secondary N) is 1. The molecule has 2 aromatic rings. The van der Waals surface area contributed by atoms with Crippen molar-refractivity contribution < 1.29 is 37.2 Å². The summed E-state index contributed by atoms with van der Waals surface area (Å²) in [6.07, 6.45) is 1.53. The molecule has 4 fully saturated rings. The van der Waals surface area contributed by atoms with E-state index < -0.39 is 35.9 Å². The number of benzene rings is 1. The number of alkyl halides is 2. The number of carbonyl (C=O) groups excluding carboxylic acids is 2. The van der Waals surface area contributed by atoms with Crippen LogP contribution in [-0.4, -0.2) is 64.8 Å². The molecule has 3 aliphatic heterocycles. The minimum Gasteiger partial charge on any atom is -0.454 e. The first-order valence-electron chi connectivity index (χ1n) is 12.1. The van der Waals surface area contributed by atoms with Crippen LogP contribution in [-0.2, 0) is 19.9 Å². The van der Waals surface area contributed by atoms with Crippen molar-refractivity contribution in [2.45, 2.75) is 49.7 Å². The lowest BCUT2D eigenvalue weighted by Gasteiger charge is -2.51. The van der Waals surface area contributed by atoms with E-state index in [-0.39, 0.29) is 36.8 Å². The van der Waals surface area contributed by atoms with Gasteiger partial charge in [-0.15, -0.1) is 0 Å². The lowest BCUT2D eigenvalue weighted by Crippen LogP contribution is -2.66. The Bertz CT molecular complexity index is 1060. The number of fused-ring (bicyclic) bond motifs is 3. The molecule has 3 atom stereocenters. The van der Waals surface area contributed by atoms with Crippen LogP contribution in [0.4, 0.5) is 14.6 Å². The Morgan fingerprint density at radius 2 is 1.94 bits per heavy atom. The number of rotatable bonds is 7. The fraction of sp³-hybridized carbons (Fsp3) is 0.560. The lowest BCUT2D eigenvalue weighted by atomic mass is 9.79. The fourth-order valence-electron chi connectivity index (χ4n) is 6.09. The molecule has 1 saturated carbocycles. The Balaban J connectivity index is 1.32. The molecule has 6 rings (SSSR count). The normalized spacial score (nSPS) is 31.0. The van der Waals surface area contributed by atoms with Gasteiger partial charge in [-0.2, -0.15) is 0 Å². The summed E-state index contributed by atoms with van der Waals surface area (Å²) in [5, 5.41) is 18.1. The van der Waals surface area contributed by atoms with Crippen molar-refractivity contribution in [3.63, 3.8) is 0 Å². The maximum absolute atomic E-state index is 14.1. The van der Waals surface area contributed by atoms with Gasteiger partial charge < -0.3 is 24.2 Å². The van der Waals surface area contributed by atoms with E-state index in [2.05, 4.69) is 10.5 Å². The van der Waals surface area contributed by atoms with E-state index in [4.69, 9.17) is 9.26 Å². The molecular weight excluding hydrogens is 460 g/mol. The van der Waals surface area contributed by atoms with E-state index in [9.17, 15) is 23.5 Å². The van der Waals surface area contributed by atoms with E-state index in [0.29, 0.717) is 16.8 Å².